The summed E-state index contributed by atoms with van der Waals surface area (Å²) in [5.41, 5.74) is 0.362. The number of aliphatic hydroxyl groups is 1. The third-order valence-electron chi connectivity index (χ3n) is 3.38. The average molecular weight is 318 g/mol. The number of nitrogens with one attached hydrogen (secondary N) is 1. The van der Waals surface area contributed by atoms with E-state index in [4.69, 9.17) is 0 Å². The van der Waals surface area contributed by atoms with Crippen molar-refractivity contribution in [3.8, 4) is 5.69 Å². The standard InChI is InChI=1S/C15H18N4O4/c1-2-11(20)7-9-16-15(21)12-8-10-18(17-12)13-5-3-4-6-14(13)19(22)23/h3-6,8,10-11,20H,2,7,9H2,1H3,(H,16,21). The highest BCUT2D eigenvalue weighted by Gasteiger charge is 2.17. The van der Waals surface area contributed by atoms with E-state index >= 15 is 0 Å². The van der Waals surface area contributed by atoms with Crippen molar-refractivity contribution in [3.63, 3.8) is 0 Å². The van der Waals surface area contributed by atoms with Crippen molar-refractivity contribution in [2.45, 2.75) is 25.9 Å². The summed E-state index contributed by atoms with van der Waals surface area (Å²) in [6, 6.07) is 7.66. The number of rotatable bonds is 7. The second-order valence-corrected chi connectivity index (χ2v) is 5.00. The Morgan fingerprint density at radius 2 is 2.17 bits per heavy atom. The first-order chi connectivity index (χ1) is 11.0. The van der Waals surface area contributed by atoms with Gasteiger partial charge in [-0.3, -0.25) is 14.9 Å². The summed E-state index contributed by atoms with van der Waals surface area (Å²) in [5.74, 6) is -0.384. The molecule has 8 heteroatoms. The number of nitrogens with zero attached hydrogens (tertiary/aromatic N) is 3. The summed E-state index contributed by atoms with van der Waals surface area (Å²) in [4.78, 5) is 22.5. The number of hydrogen-bond donors (Lipinski definition) is 2. The molecular formula is C15H18N4O4. The maximum atomic E-state index is 12.0. The second kappa shape index (κ2) is 7.50. The van der Waals surface area contributed by atoms with Gasteiger partial charge in [0, 0.05) is 18.8 Å². The van der Waals surface area contributed by atoms with E-state index in [-0.39, 0.29) is 23.0 Å². The van der Waals surface area contributed by atoms with Gasteiger partial charge in [-0.15, -0.1) is 0 Å². The van der Waals surface area contributed by atoms with Gasteiger partial charge in [-0.1, -0.05) is 19.1 Å². The predicted octanol–water partition coefficient (Wildman–Crippen LogP) is 1.67. The lowest BCUT2D eigenvalue weighted by molar-refractivity contribution is -0.384. The molecule has 0 radical (unpaired) electrons. The predicted molar refractivity (Wildman–Crippen MR) is 83.5 cm³/mol. The molecule has 1 heterocycles. The Morgan fingerprint density at radius 1 is 1.43 bits per heavy atom. The van der Waals surface area contributed by atoms with Crippen molar-refractivity contribution >= 4 is 11.6 Å². The van der Waals surface area contributed by atoms with Crippen molar-refractivity contribution in [1.29, 1.82) is 0 Å². The number of nitro groups is 1. The minimum absolute atomic E-state index is 0.0892. The zero-order chi connectivity index (χ0) is 16.8. The van der Waals surface area contributed by atoms with Crippen LogP contribution in [0.3, 0.4) is 0 Å². The number of carbonyl (C=O) groups is 1. The largest absolute Gasteiger partial charge is 0.393 e. The number of nitro benzene ring substituents is 1. The van der Waals surface area contributed by atoms with Crippen LogP contribution in [0.4, 0.5) is 5.69 Å². The Bertz CT molecular complexity index is 698. The van der Waals surface area contributed by atoms with Crippen LogP contribution in [0.5, 0.6) is 0 Å². The molecule has 0 saturated carbocycles. The van der Waals surface area contributed by atoms with E-state index in [1.807, 2.05) is 6.92 Å². The Balaban J connectivity index is 2.09. The summed E-state index contributed by atoms with van der Waals surface area (Å²) >= 11 is 0. The highest BCUT2D eigenvalue weighted by Crippen LogP contribution is 2.21. The molecule has 0 spiro atoms. The monoisotopic (exact) mass is 318 g/mol. The van der Waals surface area contributed by atoms with Gasteiger partial charge in [0.2, 0.25) is 0 Å². The van der Waals surface area contributed by atoms with E-state index in [2.05, 4.69) is 10.4 Å². The summed E-state index contributed by atoms with van der Waals surface area (Å²) in [6.07, 6.45) is 2.15. The fourth-order valence-electron chi connectivity index (χ4n) is 2.04. The summed E-state index contributed by atoms with van der Waals surface area (Å²) in [5, 5.41) is 27.2. The third kappa shape index (κ3) is 4.13. The van der Waals surface area contributed by atoms with E-state index < -0.39 is 11.0 Å². The first-order valence-corrected chi connectivity index (χ1v) is 7.28. The molecule has 1 atom stereocenters. The maximum absolute atomic E-state index is 12.0. The van der Waals surface area contributed by atoms with Crippen molar-refractivity contribution in [2.24, 2.45) is 0 Å². The number of amides is 1. The lowest BCUT2D eigenvalue weighted by Gasteiger charge is -2.07. The molecule has 1 aromatic carbocycles. The van der Waals surface area contributed by atoms with Crippen LogP contribution in [0.15, 0.2) is 36.5 Å². The van der Waals surface area contributed by atoms with Gasteiger partial charge in [-0.2, -0.15) is 5.10 Å². The molecule has 1 aromatic heterocycles. The molecule has 2 rings (SSSR count). The van der Waals surface area contributed by atoms with E-state index in [1.165, 1.54) is 23.0 Å². The van der Waals surface area contributed by atoms with Crippen LogP contribution < -0.4 is 5.32 Å². The molecule has 122 valence electrons. The van der Waals surface area contributed by atoms with Crippen LogP contribution >= 0.6 is 0 Å². The first kappa shape index (κ1) is 16.6. The van der Waals surface area contributed by atoms with Crippen LogP contribution in [0, 0.1) is 10.1 Å². The SMILES string of the molecule is CCC(O)CCNC(=O)c1ccn(-c2ccccc2[N+](=O)[O-])n1. The third-order valence-corrected chi connectivity index (χ3v) is 3.38. The number of benzene rings is 1. The number of aromatic nitrogens is 2. The van der Waals surface area contributed by atoms with Gasteiger partial charge in [0.25, 0.3) is 11.6 Å². The fourth-order valence-corrected chi connectivity index (χ4v) is 2.04. The molecular weight excluding hydrogens is 300 g/mol. The van der Waals surface area contributed by atoms with Crippen molar-refractivity contribution in [3.05, 3.63) is 52.3 Å². The highest BCUT2D eigenvalue weighted by atomic mass is 16.6. The molecule has 0 bridgehead atoms. The zero-order valence-corrected chi connectivity index (χ0v) is 12.7. The van der Waals surface area contributed by atoms with Crippen molar-refractivity contribution in [2.75, 3.05) is 6.54 Å². The van der Waals surface area contributed by atoms with Gasteiger partial charge < -0.3 is 10.4 Å². The van der Waals surface area contributed by atoms with E-state index in [0.717, 1.165) is 0 Å². The molecule has 0 fully saturated rings. The Morgan fingerprint density at radius 3 is 2.87 bits per heavy atom. The Kier molecular flexibility index (Phi) is 5.42. The van der Waals surface area contributed by atoms with Crippen LogP contribution in [-0.2, 0) is 0 Å². The van der Waals surface area contributed by atoms with E-state index in [0.29, 0.717) is 19.4 Å². The number of hydrogen-bond acceptors (Lipinski definition) is 5. The minimum Gasteiger partial charge on any atom is -0.393 e. The van der Waals surface area contributed by atoms with Crippen LogP contribution in [0.2, 0.25) is 0 Å². The topological polar surface area (TPSA) is 110 Å². The van der Waals surface area contributed by atoms with Crippen LogP contribution in [0.25, 0.3) is 5.69 Å². The van der Waals surface area contributed by atoms with Gasteiger partial charge in [0.15, 0.2) is 5.69 Å². The summed E-state index contributed by atoms with van der Waals surface area (Å²) < 4.78 is 1.30. The molecule has 1 amide bonds. The van der Waals surface area contributed by atoms with Gasteiger partial charge in [0.05, 0.1) is 11.0 Å². The number of aliphatic hydroxyl groups excluding tert-OH is 1. The normalized spacial score (nSPS) is 11.9. The highest BCUT2D eigenvalue weighted by molar-refractivity contribution is 5.92. The van der Waals surface area contributed by atoms with Gasteiger partial charge in [-0.05, 0) is 25.0 Å². The van der Waals surface area contributed by atoms with Gasteiger partial charge in [0.1, 0.15) is 5.69 Å². The minimum atomic E-state index is -0.497. The quantitative estimate of drug-likeness (QED) is 0.596. The lowest BCUT2D eigenvalue weighted by atomic mass is 10.2. The van der Waals surface area contributed by atoms with Crippen molar-refractivity contribution < 1.29 is 14.8 Å². The smallest absolute Gasteiger partial charge is 0.294 e. The molecule has 0 saturated heterocycles. The molecule has 0 aliphatic heterocycles. The van der Waals surface area contributed by atoms with Gasteiger partial charge >= 0.3 is 0 Å². The molecule has 2 N–H and O–H groups in total. The maximum Gasteiger partial charge on any atom is 0.294 e. The lowest BCUT2D eigenvalue weighted by Crippen LogP contribution is -2.27. The van der Waals surface area contributed by atoms with Gasteiger partial charge in [-0.25, -0.2) is 4.68 Å². The molecule has 23 heavy (non-hydrogen) atoms. The second-order valence-electron chi connectivity index (χ2n) is 5.00. The Labute approximate surface area is 132 Å². The molecule has 1 unspecified atom stereocenters. The summed E-state index contributed by atoms with van der Waals surface area (Å²) in [6.45, 7) is 2.20. The Hall–Kier alpha value is -2.74. The fraction of sp³-hybridized carbons (Fsp3) is 0.333. The molecule has 8 nitrogen and oxygen atoms in total. The van der Waals surface area contributed by atoms with Crippen molar-refractivity contribution in [1.82, 2.24) is 15.1 Å². The average Bonchev–Trinajstić information content (AvgIpc) is 3.04. The van der Waals surface area contributed by atoms with Crippen LogP contribution in [0.1, 0.15) is 30.3 Å². The van der Waals surface area contributed by atoms with E-state index in [9.17, 15) is 20.0 Å². The zero-order valence-electron chi connectivity index (χ0n) is 12.7. The summed E-state index contributed by atoms with van der Waals surface area (Å²) in [7, 11) is 0. The molecule has 0 aliphatic carbocycles. The number of para-hydroxylation sites is 2. The van der Waals surface area contributed by atoms with Crippen LogP contribution in [-0.4, -0.2) is 38.4 Å². The molecule has 2 aromatic rings. The number of carbonyl (C=O) groups excluding carboxylic acids is 1. The first-order valence-electron chi connectivity index (χ1n) is 7.28. The molecule has 0 aliphatic rings. The van der Waals surface area contributed by atoms with E-state index in [1.54, 1.807) is 18.2 Å².